The van der Waals surface area contributed by atoms with Crippen LogP contribution in [-0.4, -0.2) is 40.4 Å². The second-order valence-electron chi connectivity index (χ2n) is 6.49. The van der Waals surface area contributed by atoms with E-state index >= 15 is 0 Å². The van der Waals surface area contributed by atoms with Crippen molar-refractivity contribution in [1.82, 2.24) is 0 Å². The van der Waals surface area contributed by atoms with Gasteiger partial charge in [0.1, 0.15) is 11.5 Å². The topological polar surface area (TPSA) is 71.1 Å². The Morgan fingerprint density at radius 1 is 0.607 bits per heavy atom. The summed E-state index contributed by atoms with van der Waals surface area (Å²) < 4.78 is 20.8. The zero-order chi connectivity index (χ0) is 21.2. The van der Waals surface area contributed by atoms with Gasteiger partial charge in [0.2, 0.25) is 0 Å². The number of ether oxygens (including phenoxy) is 4. The first-order chi connectivity index (χ1) is 13.2. The molecule has 0 unspecified atom stereocenters. The predicted molar refractivity (Wildman–Crippen MR) is 107 cm³/mol. The maximum atomic E-state index is 12.6. The van der Waals surface area contributed by atoms with E-state index in [-0.39, 0.29) is 0 Å². The highest BCUT2D eigenvalue weighted by molar-refractivity contribution is 6.06. The lowest BCUT2D eigenvalue weighted by molar-refractivity contribution is 0.0589. The summed E-state index contributed by atoms with van der Waals surface area (Å²) in [6.45, 7) is 7.59. The maximum absolute atomic E-state index is 12.6. The minimum absolute atomic E-state index is 0.320. The number of esters is 2. The van der Waals surface area contributed by atoms with Crippen molar-refractivity contribution in [1.29, 1.82) is 0 Å². The standard InChI is InChI=1S/C22H26O6/c1-11-13(3)19(15(21(23)27-7)9-17(11)25-5)20-14(4)12(2)18(26-6)10-16(20)22(24)28-8/h9-10H,1-8H3. The van der Waals surface area contributed by atoms with E-state index < -0.39 is 11.9 Å². The lowest BCUT2D eigenvalue weighted by Crippen LogP contribution is -2.12. The molecular weight excluding hydrogens is 360 g/mol. The Balaban J connectivity index is 3.06. The Morgan fingerprint density at radius 3 is 1.18 bits per heavy atom. The van der Waals surface area contributed by atoms with Gasteiger partial charge in [-0.25, -0.2) is 9.59 Å². The van der Waals surface area contributed by atoms with Crippen LogP contribution in [0.25, 0.3) is 11.1 Å². The minimum Gasteiger partial charge on any atom is -0.496 e. The number of benzene rings is 2. The first kappa shape index (κ1) is 21.3. The van der Waals surface area contributed by atoms with Gasteiger partial charge in [-0.05, 0) is 62.1 Å². The number of carbonyl (C=O) groups is 2. The van der Waals surface area contributed by atoms with E-state index in [1.165, 1.54) is 14.2 Å². The normalized spacial score (nSPS) is 10.4. The second kappa shape index (κ2) is 8.33. The van der Waals surface area contributed by atoms with Crippen LogP contribution in [-0.2, 0) is 9.47 Å². The van der Waals surface area contributed by atoms with E-state index in [0.717, 1.165) is 22.3 Å². The van der Waals surface area contributed by atoms with Crippen molar-refractivity contribution in [2.24, 2.45) is 0 Å². The first-order valence-corrected chi connectivity index (χ1v) is 8.76. The average Bonchev–Trinajstić information content (AvgIpc) is 2.70. The zero-order valence-corrected chi connectivity index (χ0v) is 17.6. The van der Waals surface area contributed by atoms with Crippen molar-refractivity contribution in [2.45, 2.75) is 27.7 Å². The van der Waals surface area contributed by atoms with Crippen molar-refractivity contribution >= 4 is 11.9 Å². The molecule has 6 nitrogen and oxygen atoms in total. The number of methoxy groups -OCH3 is 4. The van der Waals surface area contributed by atoms with Gasteiger partial charge in [0.05, 0.1) is 39.6 Å². The van der Waals surface area contributed by atoms with Gasteiger partial charge in [-0.15, -0.1) is 0 Å². The molecule has 0 aliphatic heterocycles. The molecule has 2 aromatic carbocycles. The monoisotopic (exact) mass is 386 g/mol. The van der Waals surface area contributed by atoms with Crippen LogP contribution in [0.4, 0.5) is 0 Å². The van der Waals surface area contributed by atoms with E-state index in [9.17, 15) is 9.59 Å². The molecule has 0 spiro atoms. The minimum atomic E-state index is -0.514. The summed E-state index contributed by atoms with van der Waals surface area (Å²) in [5.74, 6) is 0.119. The van der Waals surface area contributed by atoms with Gasteiger partial charge in [-0.3, -0.25) is 0 Å². The Morgan fingerprint density at radius 2 is 0.929 bits per heavy atom. The van der Waals surface area contributed by atoms with Gasteiger partial charge < -0.3 is 18.9 Å². The Kier molecular flexibility index (Phi) is 6.33. The molecule has 0 atom stereocenters. The van der Waals surface area contributed by atoms with Crippen molar-refractivity contribution in [3.63, 3.8) is 0 Å². The van der Waals surface area contributed by atoms with Crippen LogP contribution >= 0.6 is 0 Å². The fourth-order valence-corrected chi connectivity index (χ4v) is 3.38. The van der Waals surface area contributed by atoms with E-state index in [4.69, 9.17) is 18.9 Å². The second-order valence-corrected chi connectivity index (χ2v) is 6.49. The van der Waals surface area contributed by atoms with Crippen molar-refractivity contribution in [3.05, 3.63) is 45.5 Å². The fraction of sp³-hybridized carbons (Fsp3) is 0.364. The lowest BCUT2D eigenvalue weighted by Gasteiger charge is -2.22. The molecule has 0 aliphatic rings. The fourth-order valence-electron chi connectivity index (χ4n) is 3.38. The van der Waals surface area contributed by atoms with Crippen LogP contribution in [0.5, 0.6) is 11.5 Å². The predicted octanol–water partition coefficient (Wildman–Crippen LogP) is 4.18. The Labute approximate surface area is 165 Å². The molecule has 28 heavy (non-hydrogen) atoms. The highest BCUT2D eigenvalue weighted by Gasteiger charge is 2.27. The zero-order valence-electron chi connectivity index (χ0n) is 17.6. The smallest absolute Gasteiger partial charge is 0.338 e. The van der Waals surface area contributed by atoms with Crippen molar-refractivity contribution in [3.8, 4) is 22.6 Å². The van der Waals surface area contributed by atoms with E-state index in [0.29, 0.717) is 33.8 Å². The third-order valence-electron chi connectivity index (χ3n) is 5.20. The largest absolute Gasteiger partial charge is 0.496 e. The Bertz CT molecular complexity index is 866. The van der Waals surface area contributed by atoms with Crippen LogP contribution in [0.1, 0.15) is 43.0 Å². The summed E-state index contributed by atoms with van der Waals surface area (Å²) >= 11 is 0. The lowest BCUT2D eigenvalue weighted by atomic mass is 9.84. The summed E-state index contributed by atoms with van der Waals surface area (Å²) in [5.41, 5.74) is 5.25. The van der Waals surface area contributed by atoms with Crippen LogP contribution in [0.15, 0.2) is 12.1 Å². The number of hydrogen-bond donors (Lipinski definition) is 0. The highest BCUT2D eigenvalue weighted by atomic mass is 16.5. The van der Waals surface area contributed by atoms with Crippen LogP contribution < -0.4 is 9.47 Å². The molecule has 0 fully saturated rings. The van der Waals surface area contributed by atoms with Crippen LogP contribution in [0.3, 0.4) is 0 Å². The van der Waals surface area contributed by atoms with Gasteiger partial charge in [0.15, 0.2) is 0 Å². The summed E-state index contributed by atoms with van der Waals surface area (Å²) in [5, 5.41) is 0. The third kappa shape index (κ3) is 3.42. The molecule has 6 heteroatoms. The van der Waals surface area contributed by atoms with Crippen LogP contribution in [0, 0.1) is 27.7 Å². The van der Waals surface area contributed by atoms with Gasteiger partial charge in [0, 0.05) is 11.1 Å². The molecule has 0 saturated carbocycles. The molecular formula is C22H26O6. The molecule has 0 aliphatic carbocycles. The van der Waals surface area contributed by atoms with Crippen LogP contribution in [0.2, 0.25) is 0 Å². The van der Waals surface area contributed by atoms with Gasteiger partial charge >= 0.3 is 11.9 Å². The summed E-state index contributed by atoms with van der Waals surface area (Å²) in [4.78, 5) is 25.2. The first-order valence-electron chi connectivity index (χ1n) is 8.76. The van der Waals surface area contributed by atoms with Crippen molar-refractivity contribution < 1.29 is 28.5 Å². The quantitative estimate of drug-likeness (QED) is 0.718. The SMILES string of the molecule is COC(=O)c1cc(OC)c(C)c(C)c1-c1c(C(=O)OC)cc(OC)c(C)c1C. The third-order valence-corrected chi connectivity index (χ3v) is 5.20. The van der Waals surface area contributed by atoms with E-state index in [1.54, 1.807) is 26.4 Å². The molecule has 150 valence electrons. The number of rotatable bonds is 5. The summed E-state index contributed by atoms with van der Waals surface area (Å²) in [7, 11) is 5.73. The molecule has 0 aromatic heterocycles. The summed E-state index contributed by atoms with van der Waals surface area (Å²) in [6, 6.07) is 3.28. The molecule has 0 radical (unpaired) electrons. The number of carbonyl (C=O) groups excluding carboxylic acids is 2. The average molecular weight is 386 g/mol. The molecule has 0 N–H and O–H groups in total. The summed E-state index contributed by atoms with van der Waals surface area (Å²) in [6.07, 6.45) is 0. The molecule has 0 amide bonds. The van der Waals surface area contributed by atoms with Gasteiger partial charge in [0.25, 0.3) is 0 Å². The maximum Gasteiger partial charge on any atom is 0.338 e. The van der Waals surface area contributed by atoms with E-state index in [2.05, 4.69) is 0 Å². The molecule has 2 rings (SSSR count). The van der Waals surface area contributed by atoms with E-state index in [1.807, 2.05) is 27.7 Å². The molecule has 0 heterocycles. The molecule has 2 aromatic rings. The molecule has 0 bridgehead atoms. The Hall–Kier alpha value is -3.02. The molecule has 0 saturated heterocycles. The van der Waals surface area contributed by atoms with Gasteiger partial charge in [-0.1, -0.05) is 0 Å². The van der Waals surface area contributed by atoms with Crippen molar-refractivity contribution in [2.75, 3.05) is 28.4 Å². The highest BCUT2D eigenvalue weighted by Crippen LogP contribution is 2.41. The van der Waals surface area contributed by atoms with Gasteiger partial charge in [-0.2, -0.15) is 0 Å². The number of hydrogen-bond acceptors (Lipinski definition) is 6.